The van der Waals surface area contributed by atoms with Gasteiger partial charge in [0, 0.05) is 11.3 Å². The first-order chi connectivity index (χ1) is 9.25. The number of anilines is 1. The van der Waals surface area contributed by atoms with Crippen molar-refractivity contribution in [2.45, 2.75) is 5.92 Å². The predicted octanol–water partition coefficient (Wildman–Crippen LogP) is 2.33. The molecule has 2 aromatic carbocycles. The lowest BCUT2D eigenvalue weighted by molar-refractivity contribution is -0.137. The van der Waals surface area contributed by atoms with Gasteiger partial charge in [0.2, 0.25) is 5.91 Å². The van der Waals surface area contributed by atoms with Crippen LogP contribution in [-0.4, -0.2) is 11.9 Å². The van der Waals surface area contributed by atoms with Crippen LogP contribution in [0.4, 0.5) is 5.69 Å². The number of hydrogen-bond acceptors (Lipinski definition) is 3. The molecular weight excluding hydrogens is 242 g/mol. The monoisotopic (exact) mass is 253 g/mol. The smallest absolute Gasteiger partial charge is 0.328 e. The maximum Gasteiger partial charge on any atom is 0.328 e. The van der Waals surface area contributed by atoms with Crippen LogP contribution in [0.3, 0.4) is 0 Å². The van der Waals surface area contributed by atoms with Gasteiger partial charge in [-0.1, -0.05) is 36.4 Å². The number of nitrogens with one attached hydrogen (secondary N) is 1. The van der Waals surface area contributed by atoms with Gasteiger partial charge in [-0.3, -0.25) is 9.59 Å². The van der Waals surface area contributed by atoms with Crippen LogP contribution in [0.25, 0.3) is 0 Å². The average Bonchev–Trinajstić information content (AvgIpc) is 2.75. The molecule has 0 radical (unpaired) electrons. The molecule has 2 aromatic rings. The molecule has 0 saturated carbocycles. The molecule has 0 saturated heterocycles. The Labute approximate surface area is 110 Å². The SMILES string of the molecule is O=C(Nc1ccccc1)C1C(=O)Oc2ccccc21. The number of hydrogen-bond donors (Lipinski definition) is 1. The van der Waals surface area contributed by atoms with Crippen molar-refractivity contribution in [2.75, 3.05) is 5.32 Å². The summed E-state index contributed by atoms with van der Waals surface area (Å²) in [6, 6.07) is 16.0. The van der Waals surface area contributed by atoms with Gasteiger partial charge >= 0.3 is 5.97 Å². The normalized spacial score (nSPS) is 16.6. The van der Waals surface area contributed by atoms with Crippen LogP contribution in [0.5, 0.6) is 5.75 Å². The number of rotatable bonds is 2. The predicted molar refractivity (Wildman–Crippen MR) is 69.9 cm³/mol. The molecule has 1 unspecified atom stereocenters. The van der Waals surface area contributed by atoms with Crippen molar-refractivity contribution >= 4 is 17.6 Å². The highest BCUT2D eigenvalue weighted by molar-refractivity contribution is 6.12. The van der Waals surface area contributed by atoms with Crippen molar-refractivity contribution in [3.8, 4) is 5.75 Å². The first-order valence-electron chi connectivity index (χ1n) is 5.92. The molecule has 0 spiro atoms. The van der Waals surface area contributed by atoms with Gasteiger partial charge in [-0.25, -0.2) is 0 Å². The molecule has 1 atom stereocenters. The molecule has 1 amide bonds. The number of carbonyl (C=O) groups excluding carboxylic acids is 2. The Morgan fingerprint density at radius 1 is 1.00 bits per heavy atom. The summed E-state index contributed by atoms with van der Waals surface area (Å²) in [6.07, 6.45) is 0. The summed E-state index contributed by atoms with van der Waals surface area (Å²) in [7, 11) is 0. The molecule has 1 aliphatic rings. The van der Waals surface area contributed by atoms with Crippen LogP contribution in [0.1, 0.15) is 11.5 Å². The highest BCUT2D eigenvalue weighted by Gasteiger charge is 2.38. The zero-order valence-corrected chi connectivity index (χ0v) is 10.00. The zero-order chi connectivity index (χ0) is 13.2. The number of carbonyl (C=O) groups is 2. The highest BCUT2D eigenvalue weighted by Crippen LogP contribution is 2.35. The lowest BCUT2D eigenvalue weighted by atomic mass is 10.00. The van der Waals surface area contributed by atoms with E-state index in [4.69, 9.17) is 4.74 Å². The lowest BCUT2D eigenvalue weighted by Crippen LogP contribution is -2.26. The fourth-order valence-electron chi connectivity index (χ4n) is 2.09. The lowest BCUT2D eigenvalue weighted by Gasteiger charge is -2.08. The molecule has 1 heterocycles. The van der Waals surface area contributed by atoms with Crippen LogP contribution in [0.2, 0.25) is 0 Å². The summed E-state index contributed by atoms with van der Waals surface area (Å²) in [4.78, 5) is 24.0. The first-order valence-corrected chi connectivity index (χ1v) is 5.92. The standard InChI is InChI=1S/C15H11NO3/c17-14(16-10-6-2-1-3-7-10)13-11-8-4-5-9-12(11)19-15(13)18/h1-9,13H,(H,16,17). The Hall–Kier alpha value is -2.62. The van der Waals surface area contributed by atoms with E-state index in [-0.39, 0.29) is 5.91 Å². The van der Waals surface area contributed by atoms with Crippen LogP contribution in [0.15, 0.2) is 54.6 Å². The van der Waals surface area contributed by atoms with E-state index in [1.165, 1.54) is 0 Å². The quantitative estimate of drug-likeness (QED) is 0.507. The number of benzene rings is 2. The van der Waals surface area contributed by atoms with Crippen LogP contribution >= 0.6 is 0 Å². The second kappa shape index (κ2) is 4.57. The Morgan fingerprint density at radius 3 is 2.47 bits per heavy atom. The largest absolute Gasteiger partial charge is 0.425 e. The first kappa shape index (κ1) is 11.5. The number of amides is 1. The maximum atomic E-state index is 12.2. The second-order valence-corrected chi connectivity index (χ2v) is 4.25. The van der Waals surface area contributed by atoms with Crippen molar-refractivity contribution in [1.82, 2.24) is 0 Å². The number of fused-ring (bicyclic) bond motifs is 1. The Bertz CT molecular complexity index is 637. The molecule has 0 bridgehead atoms. The Balaban J connectivity index is 1.86. The van der Waals surface area contributed by atoms with Gasteiger partial charge < -0.3 is 10.1 Å². The van der Waals surface area contributed by atoms with Crippen molar-refractivity contribution in [3.05, 3.63) is 60.2 Å². The van der Waals surface area contributed by atoms with Gasteiger partial charge in [-0.2, -0.15) is 0 Å². The van der Waals surface area contributed by atoms with E-state index in [9.17, 15) is 9.59 Å². The molecule has 94 valence electrons. The van der Waals surface area contributed by atoms with Crippen molar-refractivity contribution in [3.63, 3.8) is 0 Å². The molecule has 1 N–H and O–H groups in total. The van der Waals surface area contributed by atoms with Gasteiger partial charge in [0.25, 0.3) is 0 Å². The number of para-hydroxylation sites is 2. The third-order valence-electron chi connectivity index (χ3n) is 2.98. The van der Waals surface area contributed by atoms with Crippen LogP contribution in [0, 0.1) is 0 Å². The third-order valence-corrected chi connectivity index (χ3v) is 2.98. The topological polar surface area (TPSA) is 55.4 Å². The number of esters is 1. The van der Waals surface area contributed by atoms with Gasteiger partial charge in [-0.15, -0.1) is 0 Å². The van der Waals surface area contributed by atoms with Gasteiger partial charge in [-0.05, 0) is 18.2 Å². The van der Waals surface area contributed by atoms with Gasteiger partial charge in [0.05, 0.1) is 0 Å². The summed E-state index contributed by atoms with van der Waals surface area (Å²) in [5, 5.41) is 2.72. The van der Waals surface area contributed by atoms with Crippen molar-refractivity contribution in [1.29, 1.82) is 0 Å². The van der Waals surface area contributed by atoms with Gasteiger partial charge in [0.1, 0.15) is 5.75 Å². The van der Waals surface area contributed by atoms with Gasteiger partial charge in [0.15, 0.2) is 5.92 Å². The molecular formula is C15H11NO3. The minimum atomic E-state index is -0.892. The number of ether oxygens (including phenoxy) is 1. The van der Waals surface area contributed by atoms with E-state index in [1.807, 2.05) is 18.2 Å². The summed E-state index contributed by atoms with van der Waals surface area (Å²) < 4.78 is 5.08. The van der Waals surface area contributed by atoms with Crippen molar-refractivity contribution in [2.24, 2.45) is 0 Å². The zero-order valence-electron chi connectivity index (χ0n) is 10.00. The minimum absolute atomic E-state index is 0.374. The molecule has 4 heteroatoms. The molecule has 4 nitrogen and oxygen atoms in total. The molecule has 19 heavy (non-hydrogen) atoms. The maximum absolute atomic E-state index is 12.2. The Kier molecular flexibility index (Phi) is 2.76. The summed E-state index contributed by atoms with van der Waals surface area (Å²) in [6.45, 7) is 0. The summed E-state index contributed by atoms with van der Waals surface area (Å²) in [5.74, 6) is -1.34. The average molecular weight is 253 g/mol. The van der Waals surface area contributed by atoms with E-state index >= 15 is 0 Å². The van der Waals surface area contributed by atoms with E-state index in [1.54, 1.807) is 36.4 Å². The van der Waals surface area contributed by atoms with Crippen molar-refractivity contribution < 1.29 is 14.3 Å². The van der Waals surface area contributed by atoms with E-state index in [2.05, 4.69) is 5.32 Å². The molecule has 0 aromatic heterocycles. The fourth-order valence-corrected chi connectivity index (χ4v) is 2.09. The third kappa shape index (κ3) is 2.08. The fraction of sp³-hybridized carbons (Fsp3) is 0.0667. The minimum Gasteiger partial charge on any atom is -0.425 e. The summed E-state index contributed by atoms with van der Waals surface area (Å²) >= 11 is 0. The molecule has 0 fully saturated rings. The summed E-state index contributed by atoms with van der Waals surface area (Å²) in [5.41, 5.74) is 1.27. The second-order valence-electron chi connectivity index (χ2n) is 4.25. The molecule has 3 rings (SSSR count). The molecule has 1 aliphatic heterocycles. The highest BCUT2D eigenvalue weighted by atomic mass is 16.5. The molecule has 0 aliphatic carbocycles. The Morgan fingerprint density at radius 2 is 1.68 bits per heavy atom. The van der Waals surface area contributed by atoms with E-state index in [0.717, 1.165) is 0 Å². The van der Waals surface area contributed by atoms with E-state index < -0.39 is 11.9 Å². The van der Waals surface area contributed by atoms with Crippen LogP contribution in [-0.2, 0) is 9.59 Å². The van der Waals surface area contributed by atoms with Crippen LogP contribution < -0.4 is 10.1 Å². The van der Waals surface area contributed by atoms with E-state index in [0.29, 0.717) is 17.0 Å².